The molecule has 1 heterocycles. The van der Waals surface area contributed by atoms with Crippen molar-refractivity contribution in [1.82, 2.24) is 10.3 Å². The zero-order valence-corrected chi connectivity index (χ0v) is 18.5. The molecule has 4 nitrogen and oxygen atoms in total. The molecular weight excluding hydrogens is 434 g/mol. The van der Waals surface area contributed by atoms with Crippen LogP contribution in [0.15, 0.2) is 54.7 Å². The molecule has 1 aliphatic carbocycles. The van der Waals surface area contributed by atoms with Gasteiger partial charge < -0.3 is 10.1 Å². The van der Waals surface area contributed by atoms with E-state index in [1.807, 2.05) is 25.1 Å². The van der Waals surface area contributed by atoms with E-state index in [1.54, 1.807) is 25.1 Å². The predicted octanol–water partition coefficient (Wildman–Crippen LogP) is 6.54. The van der Waals surface area contributed by atoms with Crippen LogP contribution in [-0.2, 0) is 5.92 Å². The van der Waals surface area contributed by atoms with E-state index in [2.05, 4.69) is 10.3 Å². The number of alkyl halides is 2. The Balaban J connectivity index is 1.52. The molecule has 2 aromatic carbocycles. The third-order valence-corrected chi connectivity index (χ3v) is 5.67. The maximum absolute atomic E-state index is 14.8. The molecular formula is C25H23ClF2N2O2. The highest BCUT2D eigenvalue weighted by Crippen LogP contribution is 2.41. The minimum absolute atomic E-state index is 0.0400. The van der Waals surface area contributed by atoms with Crippen molar-refractivity contribution in [3.05, 3.63) is 87.7 Å². The molecule has 32 heavy (non-hydrogen) atoms. The first kappa shape index (κ1) is 22.2. The van der Waals surface area contributed by atoms with E-state index in [-0.39, 0.29) is 22.0 Å². The Labute approximate surface area is 190 Å². The Bertz CT molecular complexity index is 1160. The summed E-state index contributed by atoms with van der Waals surface area (Å²) in [6.07, 6.45) is 3.62. The number of nitrogens with one attached hydrogen (secondary N) is 1. The molecule has 0 spiro atoms. The highest BCUT2D eigenvalue weighted by Gasteiger charge is 2.34. The minimum Gasteiger partial charge on any atom is -0.455 e. The maximum atomic E-state index is 14.8. The van der Waals surface area contributed by atoms with E-state index in [4.69, 9.17) is 16.3 Å². The number of aryl methyl sites for hydroxylation is 2. The van der Waals surface area contributed by atoms with Crippen molar-refractivity contribution in [3.8, 4) is 11.5 Å². The molecule has 0 bridgehead atoms. The summed E-state index contributed by atoms with van der Waals surface area (Å²) < 4.78 is 35.5. The molecule has 0 unspecified atom stereocenters. The Kier molecular flexibility index (Phi) is 6.15. The summed E-state index contributed by atoms with van der Waals surface area (Å²) >= 11 is 5.97. The maximum Gasteiger partial charge on any atom is 0.290 e. The quantitative estimate of drug-likeness (QED) is 0.410. The van der Waals surface area contributed by atoms with Gasteiger partial charge in [-0.25, -0.2) is 4.98 Å². The molecule has 1 amide bonds. The minimum atomic E-state index is -3.23. The van der Waals surface area contributed by atoms with E-state index in [9.17, 15) is 13.6 Å². The van der Waals surface area contributed by atoms with E-state index in [0.29, 0.717) is 17.2 Å². The fourth-order valence-electron chi connectivity index (χ4n) is 3.66. The zero-order valence-electron chi connectivity index (χ0n) is 17.8. The van der Waals surface area contributed by atoms with E-state index in [1.165, 1.54) is 23.9 Å². The second-order valence-corrected chi connectivity index (χ2v) is 8.54. The first-order valence-corrected chi connectivity index (χ1v) is 10.8. The van der Waals surface area contributed by atoms with E-state index < -0.39 is 18.4 Å². The lowest BCUT2D eigenvalue weighted by Gasteiger charge is -2.20. The molecule has 0 aliphatic heterocycles. The average molecular weight is 457 g/mol. The largest absolute Gasteiger partial charge is 0.455 e. The SMILES string of the molecule is Cc1ccc(C(F)(F)CNC(=O)c2cc(Cl)ncc2Oc2cccc(C3CC3)c2)c(C)c1. The molecule has 3 aromatic rings. The van der Waals surface area contributed by atoms with Crippen molar-refractivity contribution in [2.45, 2.75) is 38.5 Å². The number of ether oxygens (including phenoxy) is 1. The number of carbonyl (C=O) groups excluding carboxylic acids is 1. The zero-order chi connectivity index (χ0) is 22.9. The molecule has 1 fully saturated rings. The summed E-state index contributed by atoms with van der Waals surface area (Å²) in [5, 5.41) is 2.38. The number of halogens is 3. The lowest BCUT2D eigenvalue weighted by molar-refractivity contribution is -0.00309. The molecule has 0 radical (unpaired) electrons. The summed E-state index contributed by atoms with van der Waals surface area (Å²) in [5.41, 5.74) is 2.45. The Morgan fingerprint density at radius 2 is 1.97 bits per heavy atom. The Morgan fingerprint density at radius 3 is 2.69 bits per heavy atom. The summed E-state index contributed by atoms with van der Waals surface area (Å²) in [5.74, 6) is -2.71. The van der Waals surface area contributed by atoms with Crippen molar-refractivity contribution >= 4 is 17.5 Å². The fourth-order valence-corrected chi connectivity index (χ4v) is 3.82. The van der Waals surface area contributed by atoms with Gasteiger partial charge in [-0.05, 0) is 61.9 Å². The van der Waals surface area contributed by atoms with Gasteiger partial charge in [-0.1, -0.05) is 47.5 Å². The smallest absolute Gasteiger partial charge is 0.290 e. The van der Waals surface area contributed by atoms with Gasteiger partial charge in [0.2, 0.25) is 0 Å². The van der Waals surface area contributed by atoms with Crippen LogP contribution in [0.3, 0.4) is 0 Å². The number of carbonyl (C=O) groups is 1. The van der Waals surface area contributed by atoms with Gasteiger partial charge in [0.25, 0.3) is 11.8 Å². The first-order chi connectivity index (χ1) is 15.2. The molecule has 1 N–H and O–H groups in total. The predicted molar refractivity (Wildman–Crippen MR) is 120 cm³/mol. The molecule has 1 aromatic heterocycles. The van der Waals surface area contributed by atoms with Crippen LogP contribution in [0.1, 0.15) is 51.4 Å². The van der Waals surface area contributed by atoms with Crippen molar-refractivity contribution in [2.75, 3.05) is 6.54 Å². The van der Waals surface area contributed by atoms with Gasteiger partial charge in [-0.3, -0.25) is 4.79 Å². The standard InChI is InChI=1S/C25H23ClF2N2O2/c1-15-6-9-21(16(2)10-15)25(27,28)14-30-24(31)20-12-23(26)29-13-22(20)32-19-5-3-4-18(11-19)17-7-8-17/h3-6,9-13,17H,7-8,14H2,1-2H3,(H,30,31). The highest BCUT2D eigenvalue weighted by atomic mass is 35.5. The number of rotatable bonds is 7. The molecule has 7 heteroatoms. The molecule has 1 saturated carbocycles. The number of benzene rings is 2. The lowest BCUT2D eigenvalue weighted by Crippen LogP contribution is -2.35. The van der Waals surface area contributed by atoms with Crippen LogP contribution in [0.5, 0.6) is 11.5 Å². The Morgan fingerprint density at radius 1 is 1.19 bits per heavy atom. The summed E-state index contributed by atoms with van der Waals surface area (Å²) in [4.78, 5) is 16.8. The van der Waals surface area contributed by atoms with Gasteiger partial charge in [0.1, 0.15) is 10.9 Å². The molecule has 0 atom stereocenters. The van der Waals surface area contributed by atoms with Crippen LogP contribution in [0.2, 0.25) is 5.15 Å². The first-order valence-electron chi connectivity index (χ1n) is 10.4. The summed E-state index contributed by atoms with van der Waals surface area (Å²) in [6.45, 7) is 2.61. The number of amides is 1. The van der Waals surface area contributed by atoms with Crippen molar-refractivity contribution in [1.29, 1.82) is 0 Å². The third kappa shape index (κ3) is 5.07. The molecule has 166 valence electrons. The Hall–Kier alpha value is -2.99. The normalized spacial score (nSPS) is 13.7. The van der Waals surface area contributed by atoms with Gasteiger partial charge in [-0.15, -0.1) is 0 Å². The lowest BCUT2D eigenvalue weighted by atomic mass is 10.00. The van der Waals surface area contributed by atoms with Crippen LogP contribution in [0.4, 0.5) is 8.78 Å². The van der Waals surface area contributed by atoms with Crippen LogP contribution in [-0.4, -0.2) is 17.4 Å². The third-order valence-electron chi connectivity index (χ3n) is 5.46. The molecule has 4 rings (SSSR count). The van der Waals surface area contributed by atoms with Crippen molar-refractivity contribution in [3.63, 3.8) is 0 Å². The average Bonchev–Trinajstić information content (AvgIpc) is 3.59. The monoisotopic (exact) mass is 456 g/mol. The van der Waals surface area contributed by atoms with Crippen molar-refractivity contribution in [2.24, 2.45) is 0 Å². The van der Waals surface area contributed by atoms with Crippen LogP contribution in [0.25, 0.3) is 0 Å². The highest BCUT2D eigenvalue weighted by molar-refractivity contribution is 6.29. The van der Waals surface area contributed by atoms with Gasteiger partial charge in [0.15, 0.2) is 5.75 Å². The topological polar surface area (TPSA) is 51.2 Å². The number of aromatic nitrogens is 1. The fraction of sp³-hybridized carbons (Fsp3) is 0.280. The number of pyridine rings is 1. The van der Waals surface area contributed by atoms with Gasteiger partial charge >= 0.3 is 0 Å². The van der Waals surface area contributed by atoms with Gasteiger partial charge in [-0.2, -0.15) is 8.78 Å². The summed E-state index contributed by atoms with van der Waals surface area (Å²) in [6, 6.07) is 13.6. The van der Waals surface area contributed by atoms with Crippen molar-refractivity contribution < 1.29 is 18.3 Å². The van der Waals surface area contributed by atoms with E-state index in [0.717, 1.165) is 18.4 Å². The molecule has 1 aliphatic rings. The van der Waals surface area contributed by atoms with Crippen LogP contribution < -0.4 is 10.1 Å². The van der Waals surface area contributed by atoms with Crippen LogP contribution >= 0.6 is 11.6 Å². The molecule has 0 saturated heterocycles. The van der Waals surface area contributed by atoms with E-state index >= 15 is 0 Å². The number of hydrogen-bond donors (Lipinski definition) is 1. The van der Waals surface area contributed by atoms with Gasteiger partial charge in [0, 0.05) is 5.56 Å². The second-order valence-electron chi connectivity index (χ2n) is 8.16. The van der Waals surface area contributed by atoms with Crippen LogP contribution in [0, 0.1) is 13.8 Å². The second kappa shape index (κ2) is 8.87. The van der Waals surface area contributed by atoms with Gasteiger partial charge in [0.05, 0.1) is 18.3 Å². The number of nitrogens with zero attached hydrogens (tertiary/aromatic N) is 1. The number of hydrogen-bond acceptors (Lipinski definition) is 3. The summed E-state index contributed by atoms with van der Waals surface area (Å²) in [7, 11) is 0.